The standard InChI is InChI=1S/C19H28N4O2/c1-14-5-4-6-16(13-14)23-11-7-15(8-12-23)21-18(25)22-19(17(20)24)9-2-3-10-19/h4-6,13,15H,2-3,7-12H2,1H3,(H2,20,24)(H2,21,22,25). The van der Waals surface area contributed by atoms with Gasteiger partial charge in [0.1, 0.15) is 5.54 Å². The molecular formula is C19H28N4O2. The van der Waals surface area contributed by atoms with Crippen LogP contribution in [0.3, 0.4) is 0 Å². The minimum absolute atomic E-state index is 0.132. The third-order valence-electron chi connectivity index (χ3n) is 5.48. The van der Waals surface area contributed by atoms with Crippen LogP contribution >= 0.6 is 0 Å². The van der Waals surface area contributed by atoms with Crippen LogP contribution in [0.15, 0.2) is 24.3 Å². The van der Waals surface area contributed by atoms with Crippen molar-refractivity contribution in [3.63, 3.8) is 0 Å². The van der Waals surface area contributed by atoms with Crippen LogP contribution in [0.4, 0.5) is 10.5 Å². The van der Waals surface area contributed by atoms with Gasteiger partial charge in [-0.25, -0.2) is 4.79 Å². The zero-order chi connectivity index (χ0) is 17.9. The fraction of sp³-hybridized carbons (Fsp3) is 0.579. The first-order valence-electron chi connectivity index (χ1n) is 9.19. The van der Waals surface area contributed by atoms with E-state index in [9.17, 15) is 9.59 Å². The van der Waals surface area contributed by atoms with Crippen molar-refractivity contribution < 1.29 is 9.59 Å². The third kappa shape index (κ3) is 4.06. The molecule has 136 valence electrons. The fourth-order valence-electron chi connectivity index (χ4n) is 3.96. The predicted octanol–water partition coefficient (Wildman–Crippen LogP) is 2.06. The lowest BCUT2D eigenvalue weighted by Gasteiger charge is -2.35. The highest BCUT2D eigenvalue weighted by Crippen LogP contribution is 2.29. The molecule has 0 atom stereocenters. The summed E-state index contributed by atoms with van der Waals surface area (Å²) in [5.74, 6) is -0.422. The minimum atomic E-state index is -0.855. The van der Waals surface area contributed by atoms with Gasteiger partial charge in [0.25, 0.3) is 0 Å². The van der Waals surface area contributed by atoms with Crippen molar-refractivity contribution in [2.45, 2.75) is 57.0 Å². The Morgan fingerprint density at radius 1 is 1.20 bits per heavy atom. The summed E-state index contributed by atoms with van der Waals surface area (Å²) in [6.07, 6.45) is 4.93. The number of anilines is 1. The summed E-state index contributed by atoms with van der Waals surface area (Å²) in [6, 6.07) is 8.36. The molecule has 1 aromatic rings. The Hall–Kier alpha value is -2.24. The molecule has 1 saturated carbocycles. The van der Waals surface area contributed by atoms with Gasteiger partial charge in [-0.3, -0.25) is 4.79 Å². The summed E-state index contributed by atoms with van der Waals surface area (Å²) < 4.78 is 0. The second-order valence-corrected chi connectivity index (χ2v) is 7.35. The second-order valence-electron chi connectivity index (χ2n) is 7.35. The van der Waals surface area contributed by atoms with Crippen molar-refractivity contribution in [2.24, 2.45) is 5.73 Å². The van der Waals surface area contributed by atoms with E-state index in [1.165, 1.54) is 11.3 Å². The molecule has 0 aromatic heterocycles. The van der Waals surface area contributed by atoms with Gasteiger partial charge >= 0.3 is 6.03 Å². The molecule has 1 aliphatic heterocycles. The molecule has 3 rings (SSSR count). The Balaban J connectivity index is 1.50. The normalized spacial score (nSPS) is 20.3. The monoisotopic (exact) mass is 344 g/mol. The summed E-state index contributed by atoms with van der Waals surface area (Å²) in [5.41, 5.74) is 7.16. The van der Waals surface area contributed by atoms with E-state index >= 15 is 0 Å². The zero-order valence-electron chi connectivity index (χ0n) is 14.9. The van der Waals surface area contributed by atoms with Crippen LogP contribution in [0.5, 0.6) is 0 Å². The average Bonchev–Trinajstić information content (AvgIpc) is 3.05. The number of rotatable bonds is 4. The fourth-order valence-corrected chi connectivity index (χ4v) is 3.96. The molecule has 6 nitrogen and oxygen atoms in total. The van der Waals surface area contributed by atoms with Crippen LogP contribution in [0.1, 0.15) is 44.1 Å². The predicted molar refractivity (Wildman–Crippen MR) is 98.5 cm³/mol. The highest BCUT2D eigenvalue weighted by atomic mass is 16.2. The topological polar surface area (TPSA) is 87.5 Å². The first-order valence-corrected chi connectivity index (χ1v) is 9.19. The number of urea groups is 1. The Morgan fingerprint density at radius 2 is 1.88 bits per heavy atom. The van der Waals surface area contributed by atoms with Crippen LogP contribution in [-0.2, 0) is 4.79 Å². The molecule has 0 unspecified atom stereocenters. The van der Waals surface area contributed by atoms with Crippen molar-refractivity contribution in [3.8, 4) is 0 Å². The third-order valence-corrected chi connectivity index (χ3v) is 5.48. The smallest absolute Gasteiger partial charge is 0.315 e. The van der Waals surface area contributed by atoms with Gasteiger partial charge in [0.05, 0.1) is 0 Å². The van der Waals surface area contributed by atoms with E-state index in [0.29, 0.717) is 12.8 Å². The SMILES string of the molecule is Cc1cccc(N2CCC(NC(=O)NC3(C(N)=O)CCCC3)CC2)c1. The summed E-state index contributed by atoms with van der Waals surface area (Å²) in [5, 5.41) is 5.88. The van der Waals surface area contributed by atoms with Gasteiger partial charge in [-0.15, -0.1) is 0 Å². The van der Waals surface area contributed by atoms with Crippen LogP contribution in [0, 0.1) is 6.92 Å². The quantitative estimate of drug-likeness (QED) is 0.781. The number of hydrogen-bond donors (Lipinski definition) is 3. The maximum absolute atomic E-state index is 12.3. The number of aryl methyl sites for hydroxylation is 1. The number of amides is 3. The van der Waals surface area contributed by atoms with E-state index in [2.05, 4.69) is 46.7 Å². The maximum Gasteiger partial charge on any atom is 0.315 e. The van der Waals surface area contributed by atoms with E-state index in [1.54, 1.807) is 0 Å². The summed E-state index contributed by atoms with van der Waals surface area (Å²) in [4.78, 5) is 26.4. The highest BCUT2D eigenvalue weighted by molar-refractivity contribution is 5.90. The minimum Gasteiger partial charge on any atom is -0.371 e. The second kappa shape index (κ2) is 7.33. The average molecular weight is 344 g/mol. The van der Waals surface area contributed by atoms with Crippen molar-refractivity contribution in [1.29, 1.82) is 0 Å². The molecule has 1 heterocycles. The lowest BCUT2D eigenvalue weighted by atomic mass is 9.97. The molecule has 2 aliphatic rings. The first kappa shape index (κ1) is 17.6. The summed E-state index contributed by atoms with van der Waals surface area (Å²) >= 11 is 0. The number of nitrogens with two attached hydrogens (primary N) is 1. The largest absolute Gasteiger partial charge is 0.371 e. The van der Waals surface area contributed by atoms with Gasteiger partial charge < -0.3 is 21.3 Å². The maximum atomic E-state index is 12.3. The van der Waals surface area contributed by atoms with Crippen LogP contribution in [0.2, 0.25) is 0 Å². The van der Waals surface area contributed by atoms with E-state index in [1.807, 2.05) is 0 Å². The van der Waals surface area contributed by atoms with Gasteiger partial charge in [0.15, 0.2) is 0 Å². The number of hydrogen-bond acceptors (Lipinski definition) is 3. The summed E-state index contributed by atoms with van der Waals surface area (Å²) in [6.45, 7) is 3.92. The lowest BCUT2D eigenvalue weighted by molar-refractivity contribution is -0.123. The molecule has 2 fully saturated rings. The number of carbonyl (C=O) groups is 2. The van der Waals surface area contributed by atoms with Crippen molar-refractivity contribution >= 4 is 17.6 Å². The number of nitrogens with zero attached hydrogens (tertiary/aromatic N) is 1. The molecule has 6 heteroatoms. The Bertz CT molecular complexity index is 632. The van der Waals surface area contributed by atoms with Gasteiger partial charge in [-0.05, 0) is 50.3 Å². The van der Waals surface area contributed by atoms with Gasteiger partial charge in [-0.2, -0.15) is 0 Å². The summed E-state index contributed by atoms with van der Waals surface area (Å²) in [7, 11) is 0. The van der Waals surface area contributed by atoms with Crippen LogP contribution in [-0.4, -0.2) is 36.6 Å². The van der Waals surface area contributed by atoms with E-state index in [-0.39, 0.29) is 12.1 Å². The van der Waals surface area contributed by atoms with E-state index in [4.69, 9.17) is 5.73 Å². The van der Waals surface area contributed by atoms with Crippen molar-refractivity contribution in [2.75, 3.05) is 18.0 Å². The number of piperidine rings is 1. The number of primary amides is 1. The molecule has 4 N–H and O–H groups in total. The number of carbonyl (C=O) groups excluding carboxylic acids is 2. The molecule has 0 radical (unpaired) electrons. The zero-order valence-corrected chi connectivity index (χ0v) is 14.9. The molecule has 25 heavy (non-hydrogen) atoms. The van der Waals surface area contributed by atoms with Crippen molar-refractivity contribution in [3.05, 3.63) is 29.8 Å². The van der Waals surface area contributed by atoms with E-state index in [0.717, 1.165) is 38.8 Å². The molecule has 1 aromatic carbocycles. The van der Waals surface area contributed by atoms with Crippen LogP contribution in [0.25, 0.3) is 0 Å². The number of benzene rings is 1. The molecule has 0 spiro atoms. The molecule has 3 amide bonds. The van der Waals surface area contributed by atoms with Gasteiger partial charge in [-0.1, -0.05) is 25.0 Å². The number of nitrogens with one attached hydrogen (secondary N) is 2. The molecule has 1 saturated heterocycles. The molecule has 0 bridgehead atoms. The molecule has 1 aliphatic carbocycles. The van der Waals surface area contributed by atoms with Crippen LogP contribution < -0.4 is 21.3 Å². The Kier molecular flexibility index (Phi) is 5.16. The van der Waals surface area contributed by atoms with Gasteiger partial charge in [0, 0.05) is 24.8 Å². The molecular weight excluding hydrogens is 316 g/mol. The first-order chi connectivity index (χ1) is 12.0. The van der Waals surface area contributed by atoms with Gasteiger partial charge in [0.2, 0.25) is 5.91 Å². The Morgan fingerprint density at radius 3 is 2.48 bits per heavy atom. The lowest BCUT2D eigenvalue weighted by Crippen LogP contribution is -2.59. The highest BCUT2D eigenvalue weighted by Gasteiger charge is 2.41. The van der Waals surface area contributed by atoms with Crippen molar-refractivity contribution in [1.82, 2.24) is 10.6 Å². The Labute approximate surface area is 149 Å². The van der Waals surface area contributed by atoms with E-state index < -0.39 is 11.4 Å².